The highest BCUT2D eigenvalue weighted by Gasteiger charge is 2.14. The van der Waals surface area contributed by atoms with E-state index in [0.29, 0.717) is 32.0 Å². The fraction of sp³-hybridized carbons (Fsp3) is 0.462. The maximum atomic E-state index is 12.3. The van der Waals surface area contributed by atoms with Crippen molar-refractivity contribution in [3.8, 4) is 37.0 Å². The zero-order valence-electron chi connectivity index (χ0n) is 19.6. The Hall–Kier alpha value is -3.40. The standard InChI is InChI=1S/C19H29N3O.C7H7NO/c1-5-12-22(15-16(3)6-2)19(23)21-14-18-9-7-8-17(10-11-18)13-20-4;1-3-5-8(7-9)6-4-2/h1,7,9-11,16,20H,6,8,12-15H2,2-4H3,(H,21,23);1-2,7H,5-6H2. The normalized spacial score (nSPS) is 12.8. The van der Waals surface area contributed by atoms with Gasteiger partial charge in [-0.2, -0.15) is 0 Å². The van der Waals surface area contributed by atoms with Crippen molar-refractivity contribution in [1.82, 2.24) is 20.4 Å². The van der Waals surface area contributed by atoms with Crippen LogP contribution in [0.3, 0.4) is 0 Å². The summed E-state index contributed by atoms with van der Waals surface area (Å²) in [6.07, 6.45) is 26.2. The number of hydrogen-bond donors (Lipinski definition) is 2. The number of amides is 3. The minimum absolute atomic E-state index is 0.0961. The number of carbonyl (C=O) groups excluding carboxylic acids is 2. The van der Waals surface area contributed by atoms with Crippen molar-refractivity contribution in [2.45, 2.75) is 26.7 Å². The quantitative estimate of drug-likeness (QED) is 0.386. The zero-order chi connectivity index (χ0) is 24.2. The SMILES string of the molecule is C#CCN(C=O)CC#C.C#CCN(CC(C)CC)C(=O)NCC1=CC=C(CNC)CC=C1. The van der Waals surface area contributed by atoms with Crippen LogP contribution in [-0.2, 0) is 4.79 Å². The Labute approximate surface area is 194 Å². The zero-order valence-corrected chi connectivity index (χ0v) is 19.6. The number of nitrogens with zero attached hydrogens (tertiary/aromatic N) is 2. The molecular weight excluding hydrogens is 400 g/mol. The van der Waals surface area contributed by atoms with Gasteiger partial charge in [-0.3, -0.25) is 4.79 Å². The molecule has 2 N–H and O–H groups in total. The Morgan fingerprint density at radius 2 is 1.81 bits per heavy atom. The molecule has 0 heterocycles. The van der Waals surface area contributed by atoms with Crippen molar-refractivity contribution in [3.63, 3.8) is 0 Å². The average molecular weight is 437 g/mol. The van der Waals surface area contributed by atoms with E-state index in [-0.39, 0.29) is 19.1 Å². The second-order valence-electron chi connectivity index (χ2n) is 7.38. The van der Waals surface area contributed by atoms with Crippen LogP contribution >= 0.6 is 0 Å². The van der Waals surface area contributed by atoms with Gasteiger partial charge in [-0.25, -0.2) is 4.79 Å². The van der Waals surface area contributed by atoms with Crippen molar-refractivity contribution < 1.29 is 9.59 Å². The Morgan fingerprint density at radius 3 is 2.34 bits per heavy atom. The summed E-state index contributed by atoms with van der Waals surface area (Å²) in [5, 5.41) is 6.12. The molecule has 0 aliphatic heterocycles. The van der Waals surface area contributed by atoms with Crippen molar-refractivity contribution in [1.29, 1.82) is 0 Å². The first kappa shape index (κ1) is 28.6. The molecule has 0 aromatic heterocycles. The molecule has 0 fully saturated rings. The first-order valence-electron chi connectivity index (χ1n) is 10.7. The van der Waals surface area contributed by atoms with Gasteiger partial charge in [-0.05, 0) is 25.0 Å². The summed E-state index contributed by atoms with van der Waals surface area (Å²) < 4.78 is 0. The van der Waals surface area contributed by atoms with Gasteiger partial charge < -0.3 is 20.4 Å². The van der Waals surface area contributed by atoms with Crippen molar-refractivity contribution in [2.24, 2.45) is 5.92 Å². The molecule has 0 saturated heterocycles. The molecule has 32 heavy (non-hydrogen) atoms. The molecule has 0 bridgehead atoms. The highest BCUT2D eigenvalue weighted by atomic mass is 16.2. The van der Waals surface area contributed by atoms with Gasteiger partial charge in [0.1, 0.15) is 0 Å². The number of urea groups is 1. The first-order valence-corrected chi connectivity index (χ1v) is 10.7. The van der Waals surface area contributed by atoms with E-state index in [1.165, 1.54) is 10.5 Å². The fourth-order valence-electron chi connectivity index (χ4n) is 2.68. The molecule has 0 aromatic carbocycles. The fourth-order valence-corrected chi connectivity index (χ4v) is 2.68. The highest BCUT2D eigenvalue weighted by molar-refractivity contribution is 5.75. The summed E-state index contributed by atoms with van der Waals surface area (Å²) >= 11 is 0. The predicted molar refractivity (Wildman–Crippen MR) is 132 cm³/mol. The maximum Gasteiger partial charge on any atom is 0.318 e. The largest absolute Gasteiger partial charge is 0.334 e. The molecular formula is C26H36N4O2. The summed E-state index contributed by atoms with van der Waals surface area (Å²) in [7, 11) is 1.94. The summed E-state index contributed by atoms with van der Waals surface area (Å²) in [5.41, 5.74) is 2.42. The summed E-state index contributed by atoms with van der Waals surface area (Å²) in [6, 6.07) is -0.0961. The molecule has 0 aromatic rings. The molecule has 6 heteroatoms. The minimum atomic E-state index is -0.0961. The minimum Gasteiger partial charge on any atom is -0.334 e. The van der Waals surface area contributed by atoms with E-state index in [2.05, 4.69) is 66.5 Å². The lowest BCUT2D eigenvalue weighted by Crippen LogP contribution is -2.42. The van der Waals surface area contributed by atoms with Gasteiger partial charge >= 0.3 is 6.03 Å². The molecule has 1 unspecified atom stereocenters. The summed E-state index contributed by atoms with van der Waals surface area (Å²) in [4.78, 5) is 25.4. The number of terminal acetylenes is 3. The van der Waals surface area contributed by atoms with Crippen molar-refractivity contribution in [3.05, 3.63) is 35.5 Å². The molecule has 1 aliphatic carbocycles. The van der Waals surface area contributed by atoms with Gasteiger partial charge in [0.15, 0.2) is 0 Å². The number of carbonyl (C=O) groups is 2. The average Bonchev–Trinajstić information content (AvgIpc) is 3.02. The molecule has 3 amide bonds. The lowest BCUT2D eigenvalue weighted by molar-refractivity contribution is -0.117. The van der Waals surface area contributed by atoms with Crippen LogP contribution in [0.25, 0.3) is 0 Å². The Balaban J connectivity index is 0.000000900. The third-order valence-corrected chi connectivity index (χ3v) is 4.63. The summed E-state index contributed by atoms with van der Waals surface area (Å²) in [5.74, 6) is 7.61. The third-order valence-electron chi connectivity index (χ3n) is 4.63. The highest BCUT2D eigenvalue weighted by Crippen LogP contribution is 2.10. The molecule has 0 saturated carbocycles. The molecule has 1 atom stereocenters. The molecule has 1 aliphatic rings. The Morgan fingerprint density at radius 1 is 1.16 bits per heavy atom. The van der Waals surface area contributed by atoms with Crippen LogP contribution in [0.15, 0.2) is 35.5 Å². The van der Waals surface area contributed by atoms with Crippen LogP contribution in [0.1, 0.15) is 26.7 Å². The maximum absolute atomic E-state index is 12.3. The monoisotopic (exact) mass is 436 g/mol. The van der Waals surface area contributed by atoms with Crippen LogP contribution in [0.4, 0.5) is 4.79 Å². The second kappa shape index (κ2) is 18.4. The van der Waals surface area contributed by atoms with Gasteiger partial charge in [0.05, 0.1) is 19.6 Å². The Kier molecular flexibility index (Phi) is 16.4. The first-order chi connectivity index (χ1) is 15.4. The van der Waals surface area contributed by atoms with Crippen molar-refractivity contribution >= 4 is 12.4 Å². The van der Waals surface area contributed by atoms with E-state index in [9.17, 15) is 9.59 Å². The lowest BCUT2D eigenvalue weighted by atomic mass is 10.1. The van der Waals surface area contributed by atoms with E-state index in [1.807, 2.05) is 7.05 Å². The van der Waals surface area contributed by atoms with Gasteiger partial charge in [-0.1, -0.05) is 67.9 Å². The van der Waals surface area contributed by atoms with E-state index < -0.39 is 0 Å². The number of nitrogens with one attached hydrogen (secondary N) is 2. The third kappa shape index (κ3) is 13.0. The van der Waals surface area contributed by atoms with Gasteiger partial charge in [0.2, 0.25) is 6.41 Å². The van der Waals surface area contributed by atoms with E-state index in [4.69, 9.17) is 19.3 Å². The number of rotatable bonds is 11. The van der Waals surface area contributed by atoms with Crippen LogP contribution in [0.5, 0.6) is 0 Å². The summed E-state index contributed by atoms with van der Waals surface area (Å²) in [6.45, 7) is 7.24. The topological polar surface area (TPSA) is 64.7 Å². The molecule has 0 spiro atoms. The van der Waals surface area contributed by atoms with Crippen LogP contribution < -0.4 is 10.6 Å². The van der Waals surface area contributed by atoms with Gasteiger partial charge in [-0.15, -0.1) is 19.3 Å². The number of likely N-dealkylation sites (N-methyl/N-ethyl adjacent to an activating group) is 1. The number of allylic oxidation sites excluding steroid dienone is 3. The molecule has 0 radical (unpaired) electrons. The Bertz CT molecular complexity index is 774. The smallest absolute Gasteiger partial charge is 0.318 e. The van der Waals surface area contributed by atoms with Crippen LogP contribution in [-0.4, -0.2) is 68.6 Å². The second-order valence-corrected chi connectivity index (χ2v) is 7.38. The van der Waals surface area contributed by atoms with Crippen LogP contribution in [0.2, 0.25) is 0 Å². The lowest BCUT2D eigenvalue weighted by Gasteiger charge is -2.24. The van der Waals surface area contributed by atoms with Crippen LogP contribution in [0, 0.1) is 42.9 Å². The van der Waals surface area contributed by atoms with Crippen molar-refractivity contribution in [2.75, 3.05) is 46.3 Å². The number of hydrogen-bond acceptors (Lipinski definition) is 3. The molecule has 172 valence electrons. The predicted octanol–water partition coefficient (Wildman–Crippen LogP) is 2.42. The molecule has 6 nitrogen and oxygen atoms in total. The van der Waals surface area contributed by atoms with E-state index >= 15 is 0 Å². The molecule has 1 rings (SSSR count). The van der Waals surface area contributed by atoms with E-state index in [0.717, 1.165) is 25.0 Å². The van der Waals surface area contributed by atoms with Gasteiger partial charge in [0, 0.05) is 19.6 Å². The van der Waals surface area contributed by atoms with E-state index in [1.54, 1.807) is 4.90 Å². The van der Waals surface area contributed by atoms with Gasteiger partial charge in [0.25, 0.3) is 0 Å².